The third kappa shape index (κ3) is 2.05. The van der Waals surface area contributed by atoms with E-state index in [0.717, 1.165) is 12.0 Å². The zero-order valence-electron chi connectivity index (χ0n) is 11.7. The number of ketones is 1. The van der Waals surface area contributed by atoms with Gasteiger partial charge in [-0.2, -0.15) is 0 Å². The third-order valence-corrected chi connectivity index (χ3v) is 3.67. The molecule has 0 radical (unpaired) electrons. The van der Waals surface area contributed by atoms with E-state index in [1.54, 1.807) is 12.3 Å². The molecule has 22 heavy (non-hydrogen) atoms. The Kier molecular flexibility index (Phi) is 3.21. The molecule has 0 atom stereocenters. The second-order valence-corrected chi connectivity index (χ2v) is 4.94. The molecule has 2 aromatic rings. The van der Waals surface area contributed by atoms with Crippen molar-refractivity contribution < 1.29 is 14.8 Å². The fourth-order valence-corrected chi connectivity index (χ4v) is 2.44. The number of Topliss-reactive ketones (excluding diaryl/α,β-unsaturated/α-hetero) is 1. The molecule has 0 aliphatic heterocycles. The van der Waals surface area contributed by atoms with E-state index in [-0.39, 0.29) is 33.9 Å². The highest BCUT2D eigenvalue weighted by atomic mass is 16.6. The largest absolute Gasteiger partial charge is 0.506 e. The van der Waals surface area contributed by atoms with Crippen LogP contribution in [0, 0.1) is 10.1 Å². The molecule has 1 N–H and O–H groups in total. The summed E-state index contributed by atoms with van der Waals surface area (Å²) in [5.74, 6) is -0.639. The SMILES string of the molecule is CCc1ccc(C2=C(O)c3cc([N+](=O)[O-])ccc3C2=O)nc1. The highest BCUT2D eigenvalue weighted by molar-refractivity contribution is 6.38. The lowest BCUT2D eigenvalue weighted by molar-refractivity contribution is -0.384. The average molecular weight is 296 g/mol. The van der Waals surface area contributed by atoms with Crippen LogP contribution in [0.1, 0.15) is 34.1 Å². The number of carbonyl (C=O) groups excluding carboxylic acids is 1. The summed E-state index contributed by atoms with van der Waals surface area (Å²) in [5.41, 5.74) is 1.71. The number of nitro benzene ring substituents is 1. The number of aliphatic hydroxyl groups is 1. The van der Waals surface area contributed by atoms with Crippen molar-refractivity contribution >= 4 is 22.8 Å². The summed E-state index contributed by atoms with van der Waals surface area (Å²) < 4.78 is 0. The lowest BCUT2D eigenvalue weighted by atomic mass is 10.1. The van der Waals surface area contributed by atoms with Gasteiger partial charge in [0, 0.05) is 29.5 Å². The number of non-ortho nitro benzene ring substituents is 1. The van der Waals surface area contributed by atoms with Gasteiger partial charge in [0.05, 0.1) is 16.2 Å². The van der Waals surface area contributed by atoms with Crippen LogP contribution in [-0.4, -0.2) is 20.8 Å². The van der Waals surface area contributed by atoms with Crippen molar-refractivity contribution in [3.05, 3.63) is 69.0 Å². The molecule has 1 aromatic heterocycles. The van der Waals surface area contributed by atoms with Crippen LogP contribution >= 0.6 is 0 Å². The minimum Gasteiger partial charge on any atom is -0.506 e. The first-order valence-electron chi connectivity index (χ1n) is 6.75. The van der Waals surface area contributed by atoms with Crippen LogP contribution in [0.5, 0.6) is 0 Å². The molecule has 1 aliphatic carbocycles. The van der Waals surface area contributed by atoms with E-state index < -0.39 is 4.92 Å². The van der Waals surface area contributed by atoms with E-state index in [0.29, 0.717) is 5.69 Å². The van der Waals surface area contributed by atoms with Crippen molar-refractivity contribution in [3.63, 3.8) is 0 Å². The van der Waals surface area contributed by atoms with Gasteiger partial charge < -0.3 is 5.11 Å². The Morgan fingerprint density at radius 3 is 2.59 bits per heavy atom. The predicted molar refractivity (Wildman–Crippen MR) is 80.5 cm³/mol. The molecule has 0 amide bonds. The number of nitro groups is 1. The summed E-state index contributed by atoms with van der Waals surface area (Å²) in [6.45, 7) is 1.99. The number of hydrogen-bond donors (Lipinski definition) is 1. The average Bonchev–Trinajstić information content (AvgIpc) is 2.78. The summed E-state index contributed by atoms with van der Waals surface area (Å²) in [7, 11) is 0. The summed E-state index contributed by atoms with van der Waals surface area (Å²) in [6, 6.07) is 7.32. The molecular weight excluding hydrogens is 284 g/mol. The van der Waals surface area contributed by atoms with Gasteiger partial charge in [0.2, 0.25) is 0 Å². The summed E-state index contributed by atoms with van der Waals surface area (Å²) in [5, 5.41) is 21.1. The van der Waals surface area contributed by atoms with E-state index in [2.05, 4.69) is 4.98 Å². The van der Waals surface area contributed by atoms with Crippen LogP contribution in [0.4, 0.5) is 5.69 Å². The first-order chi connectivity index (χ1) is 10.5. The summed E-state index contributed by atoms with van der Waals surface area (Å²) in [6.07, 6.45) is 2.47. The number of aliphatic hydroxyl groups excluding tert-OH is 1. The second kappa shape index (κ2) is 5.07. The lowest BCUT2D eigenvalue weighted by Crippen LogP contribution is -2.01. The van der Waals surface area contributed by atoms with Gasteiger partial charge in [0.15, 0.2) is 5.78 Å². The molecule has 0 saturated carbocycles. The summed E-state index contributed by atoms with van der Waals surface area (Å²) in [4.78, 5) is 26.9. The number of fused-ring (bicyclic) bond motifs is 1. The number of nitrogens with zero attached hydrogens (tertiary/aromatic N) is 2. The highest BCUT2D eigenvalue weighted by Crippen LogP contribution is 2.37. The van der Waals surface area contributed by atoms with Crippen LogP contribution in [0.15, 0.2) is 36.5 Å². The molecule has 1 aliphatic rings. The van der Waals surface area contributed by atoms with E-state index in [1.807, 2.05) is 13.0 Å². The Balaban J connectivity index is 2.11. The first kappa shape index (κ1) is 13.9. The Labute approximate surface area is 125 Å². The maximum Gasteiger partial charge on any atom is 0.270 e. The van der Waals surface area contributed by atoms with Gasteiger partial charge >= 0.3 is 0 Å². The van der Waals surface area contributed by atoms with Gasteiger partial charge in [0.25, 0.3) is 5.69 Å². The molecule has 1 aromatic carbocycles. The van der Waals surface area contributed by atoms with Gasteiger partial charge in [-0.05, 0) is 24.1 Å². The number of pyridine rings is 1. The lowest BCUT2D eigenvalue weighted by Gasteiger charge is -2.02. The topological polar surface area (TPSA) is 93.3 Å². The Morgan fingerprint density at radius 2 is 2.00 bits per heavy atom. The molecule has 0 unspecified atom stereocenters. The fraction of sp³-hybridized carbons (Fsp3) is 0.125. The number of allylic oxidation sites excluding steroid dienone is 1. The quantitative estimate of drug-likeness (QED) is 0.693. The molecule has 0 saturated heterocycles. The van der Waals surface area contributed by atoms with E-state index in [4.69, 9.17) is 0 Å². The Morgan fingerprint density at radius 1 is 1.23 bits per heavy atom. The van der Waals surface area contributed by atoms with Gasteiger partial charge in [-0.15, -0.1) is 0 Å². The zero-order valence-corrected chi connectivity index (χ0v) is 11.7. The number of benzene rings is 1. The number of rotatable bonds is 3. The first-order valence-corrected chi connectivity index (χ1v) is 6.75. The molecule has 6 heteroatoms. The van der Waals surface area contributed by atoms with E-state index in [1.165, 1.54) is 18.2 Å². The number of hydrogen-bond acceptors (Lipinski definition) is 5. The van der Waals surface area contributed by atoms with Crippen molar-refractivity contribution in [3.8, 4) is 0 Å². The molecule has 0 spiro atoms. The smallest absolute Gasteiger partial charge is 0.270 e. The Bertz CT molecular complexity index is 823. The minimum absolute atomic E-state index is 0.0816. The van der Waals surface area contributed by atoms with Crippen LogP contribution in [-0.2, 0) is 6.42 Å². The van der Waals surface area contributed by atoms with E-state index >= 15 is 0 Å². The molecule has 0 bridgehead atoms. The molecule has 110 valence electrons. The monoisotopic (exact) mass is 296 g/mol. The highest BCUT2D eigenvalue weighted by Gasteiger charge is 2.32. The third-order valence-electron chi connectivity index (χ3n) is 3.67. The van der Waals surface area contributed by atoms with Crippen molar-refractivity contribution in [2.45, 2.75) is 13.3 Å². The van der Waals surface area contributed by atoms with Crippen LogP contribution in [0.25, 0.3) is 11.3 Å². The maximum atomic E-state index is 12.4. The molecule has 3 rings (SSSR count). The van der Waals surface area contributed by atoms with Crippen LogP contribution in [0.2, 0.25) is 0 Å². The van der Waals surface area contributed by atoms with Crippen LogP contribution < -0.4 is 0 Å². The van der Waals surface area contributed by atoms with Crippen molar-refractivity contribution in [2.24, 2.45) is 0 Å². The van der Waals surface area contributed by atoms with Gasteiger partial charge in [-0.1, -0.05) is 13.0 Å². The predicted octanol–water partition coefficient (Wildman–Crippen LogP) is 3.17. The zero-order chi connectivity index (χ0) is 15.9. The number of aryl methyl sites for hydroxylation is 1. The second-order valence-electron chi connectivity index (χ2n) is 4.94. The molecule has 6 nitrogen and oxygen atoms in total. The Hall–Kier alpha value is -3.02. The normalized spacial score (nSPS) is 13.4. The number of carbonyl (C=O) groups is 1. The fourth-order valence-electron chi connectivity index (χ4n) is 2.44. The van der Waals surface area contributed by atoms with Crippen molar-refractivity contribution in [2.75, 3.05) is 0 Å². The standard InChI is InChI=1S/C16H12N2O4/c1-2-9-3-6-13(17-8-9)14-15(19)11-5-4-10(18(21)22)7-12(11)16(14)20/h3-8,20H,2H2,1H3. The molecular formula is C16H12N2O4. The summed E-state index contributed by atoms with van der Waals surface area (Å²) >= 11 is 0. The van der Waals surface area contributed by atoms with Gasteiger partial charge in [-0.25, -0.2) is 0 Å². The minimum atomic E-state index is -0.565. The molecule has 0 fully saturated rings. The van der Waals surface area contributed by atoms with E-state index in [9.17, 15) is 20.0 Å². The maximum absolute atomic E-state index is 12.4. The van der Waals surface area contributed by atoms with Crippen molar-refractivity contribution in [1.82, 2.24) is 4.98 Å². The number of aromatic nitrogens is 1. The van der Waals surface area contributed by atoms with Crippen molar-refractivity contribution in [1.29, 1.82) is 0 Å². The molecule has 1 heterocycles. The van der Waals surface area contributed by atoms with Gasteiger partial charge in [-0.3, -0.25) is 19.9 Å². The van der Waals surface area contributed by atoms with Gasteiger partial charge in [0.1, 0.15) is 5.76 Å². The van der Waals surface area contributed by atoms with Crippen LogP contribution in [0.3, 0.4) is 0 Å².